The third-order valence-corrected chi connectivity index (χ3v) is 3.52. The van der Waals surface area contributed by atoms with E-state index in [0.717, 1.165) is 5.56 Å². The van der Waals surface area contributed by atoms with E-state index >= 15 is 0 Å². The summed E-state index contributed by atoms with van der Waals surface area (Å²) in [6.07, 6.45) is 1.45. The summed E-state index contributed by atoms with van der Waals surface area (Å²) < 4.78 is 10.5. The number of hydrogen-bond acceptors (Lipinski definition) is 5. The van der Waals surface area contributed by atoms with Crippen LogP contribution in [0, 0.1) is 6.92 Å². The van der Waals surface area contributed by atoms with Gasteiger partial charge in [0.2, 0.25) is 0 Å². The maximum atomic E-state index is 12.0. The third kappa shape index (κ3) is 5.07. The number of hydrazone groups is 1. The first-order valence-corrected chi connectivity index (χ1v) is 7.93. The molecule has 7 nitrogen and oxygen atoms in total. The largest absolute Gasteiger partial charge is 0.493 e. The minimum Gasteiger partial charge on any atom is -0.493 e. The van der Waals surface area contributed by atoms with Gasteiger partial charge in [-0.05, 0) is 31.2 Å². The van der Waals surface area contributed by atoms with Gasteiger partial charge in [0.05, 0.1) is 27.0 Å². The fourth-order valence-corrected chi connectivity index (χ4v) is 2.28. The van der Waals surface area contributed by atoms with Crippen molar-refractivity contribution >= 4 is 18.0 Å². The predicted octanol–water partition coefficient (Wildman–Crippen LogP) is 1.89. The molecule has 2 aromatic rings. The van der Waals surface area contributed by atoms with E-state index in [9.17, 15) is 9.59 Å². The topological polar surface area (TPSA) is 89.0 Å². The van der Waals surface area contributed by atoms with E-state index in [1.54, 1.807) is 36.4 Å². The van der Waals surface area contributed by atoms with Gasteiger partial charge >= 0.3 is 0 Å². The molecule has 0 fully saturated rings. The van der Waals surface area contributed by atoms with Crippen LogP contribution in [-0.4, -0.2) is 38.8 Å². The van der Waals surface area contributed by atoms with Crippen molar-refractivity contribution in [3.63, 3.8) is 0 Å². The van der Waals surface area contributed by atoms with Crippen molar-refractivity contribution in [3.05, 3.63) is 59.2 Å². The van der Waals surface area contributed by atoms with E-state index < -0.39 is 5.91 Å². The van der Waals surface area contributed by atoms with Crippen LogP contribution in [0.15, 0.2) is 47.6 Å². The molecule has 0 aromatic heterocycles. The van der Waals surface area contributed by atoms with Crippen LogP contribution in [0.2, 0.25) is 0 Å². The second-order valence-corrected chi connectivity index (χ2v) is 5.43. The molecular formula is C19H21N3O4. The van der Waals surface area contributed by atoms with Gasteiger partial charge in [0.15, 0.2) is 11.5 Å². The second kappa shape index (κ2) is 9.22. The second-order valence-electron chi connectivity index (χ2n) is 5.43. The summed E-state index contributed by atoms with van der Waals surface area (Å²) in [5.41, 5.74) is 4.48. The average Bonchev–Trinajstić information content (AvgIpc) is 2.65. The van der Waals surface area contributed by atoms with E-state index in [4.69, 9.17) is 9.47 Å². The molecule has 0 bridgehead atoms. The molecule has 0 aliphatic carbocycles. The van der Waals surface area contributed by atoms with E-state index in [1.165, 1.54) is 20.4 Å². The summed E-state index contributed by atoms with van der Waals surface area (Å²) in [5, 5.41) is 6.42. The molecule has 0 saturated heterocycles. The van der Waals surface area contributed by atoms with Crippen LogP contribution < -0.4 is 20.2 Å². The van der Waals surface area contributed by atoms with Gasteiger partial charge in [0, 0.05) is 11.1 Å². The molecule has 2 aromatic carbocycles. The smallest absolute Gasteiger partial charge is 0.259 e. The highest BCUT2D eigenvalue weighted by Gasteiger charge is 2.09. The van der Waals surface area contributed by atoms with Gasteiger partial charge < -0.3 is 14.8 Å². The number of aryl methyl sites for hydroxylation is 1. The average molecular weight is 355 g/mol. The summed E-state index contributed by atoms with van der Waals surface area (Å²) in [4.78, 5) is 23.8. The molecule has 0 heterocycles. The molecule has 0 spiro atoms. The lowest BCUT2D eigenvalue weighted by molar-refractivity contribution is -0.120. The molecular weight excluding hydrogens is 334 g/mol. The molecule has 7 heteroatoms. The first kappa shape index (κ1) is 19.0. The van der Waals surface area contributed by atoms with Crippen molar-refractivity contribution in [2.75, 3.05) is 20.8 Å². The Morgan fingerprint density at radius 2 is 1.88 bits per heavy atom. The highest BCUT2D eigenvalue weighted by atomic mass is 16.5. The van der Waals surface area contributed by atoms with Gasteiger partial charge in [-0.3, -0.25) is 9.59 Å². The van der Waals surface area contributed by atoms with E-state index in [2.05, 4.69) is 15.8 Å². The monoisotopic (exact) mass is 355 g/mol. The number of nitrogens with zero attached hydrogens (tertiary/aromatic N) is 1. The minimum atomic E-state index is -0.441. The van der Waals surface area contributed by atoms with Crippen LogP contribution in [0.25, 0.3) is 0 Å². The Hall–Kier alpha value is -3.35. The zero-order chi connectivity index (χ0) is 18.9. The van der Waals surface area contributed by atoms with Crippen molar-refractivity contribution in [2.45, 2.75) is 6.92 Å². The lowest BCUT2D eigenvalue weighted by Gasteiger charge is -2.09. The molecule has 26 heavy (non-hydrogen) atoms. The number of hydrogen-bond donors (Lipinski definition) is 2. The summed E-state index contributed by atoms with van der Waals surface area (Å²) in [6, 6.07) is 12.4. The van der Waals surface area contributed by atoms with Gasteiger partial charge in [-0.2, -0.15) is 5.10 Å². The SMILES string of the molecule is COc1cccc(/C=N\NC(=O)CNC(=O)c2cccc(C)c2)c1OC. The molecule has 2 amide bonds. The number of benzene rings is 2. The zero-order valence-corrected chi connectivity index (χ0v) is 14.9. The van der Waals surface area contributed by atoms with Crippen molar-refractivity contribution < 1.29 is 19.1 Å². The molecule has 0 radical (unpaired) electrons. The Kier molecular flexibility index (Phi) is 6.73. The molecule has 136 valence electrons. The minimum absolute atomic E-state index is 0.181. The van der Waals surface area contributed by atoms with Crippen molar-refractivity contribution in [1.29, 1.82) is 0 Å². The van der Waals surface area contributed by atoms with Gasteiger partial charge in [-0.15, -0.1) is 0 Å². The van der Waals surface area contributed by atoms with Crippen molar-refractivity contribution in [3.8, 4) is 11.5 Å². The van der Waals surface area contributed by atoms with Crippen LogP contribution in [-0.2, 0) is 4.79 Å². The lowest BCUT2D eigenvalue weighted by atomic mass is 10.1. The van der Waals surface area contributed by atoms with E-state index in [1.807, 2.05) is 13.0 Å². The number of carbonyl (C=O) groups excluding carboxylic acids is 2. The Labute approximate surface area is 152 Å². The summed E-state index contributed by atoms with van der Waals surface area (Å²) in [7, 11) is 3.06. The number of rotatable bonds is 7. The van der Waals surface area contributed by atoms with Crippen LogP contribution >= 0.6 is 0 Å². The maximum Gasteiger partial charge on any atom is 0.259 e. The molecule has 2 N–H and O–H groups in total. The summed E-state index contributed by atoms with van der Waals surface area (Å²) in [5.74, 6) is 0.320. The van der Waals surface area contributed by atoms with Crippen LogP contribution in [0.5, 0.6) is 11.5 Å². The number of para-hydroxylation sites is 1. The van der Waals surface area contributed by atoms with E-state index in [0.29, 0.717) is 22.6 Å². The van der Waals surface area contributed by atoms with Crippen LogP contribution in [0.1, 0.15) is 21.5 Å². The number of amides is 2. The fourth-order valence-electron chi connectivity index (χ4n) is 2.28. The Bertz CT molecular complexity index is 818. The first-order chi connectivity index (χ1) is 12.5. The summed E-state index contributed by atoms with van der Waals surface area (Å²) in [6.45, 7) is 1.71. The van der Waals surface area contributed by atoms with Gasteiger partial charge in [-0.1, -0.05) is 23.8 Å². The first-order valence-electron chi connectivity index (χ1n) is 7.93. The van der Waals surface area contributed by atoms with E-state index in [-0.39, 0.29) is 12.5 Å². The predicted molar refractivity (Wildman–Crippen MR) is 98.8 cm³/mol. The standard InChI is InChI=1S/C19H21N3O4/c1-13-6-4-7-14(10-13)19(24)20-12-17(23)22-21-11-15-8-5-9-16(25-2)18(15)26-3/h4-11H,12H2,1-3H3,(H,20,24)(H,22,23)/b21-11-. The molecule has 0 atom stereocenters. The van der Waals surface area contributed by atoms with Gasteiger partial charge in [-0.25, -0.2) is 5.43 Å². The normalized spacial score (nSPS) is 10.4. The number of ether oxygens (including phenoxy) is 2. The third-order valence-electron chi connectivity index (χ3n) is 3.52. The Morgan fingerprint density at radius 1 is 1.12 bits per heavy atom. The number of nitrogens with one attached hydrogen (secondary N) is 2. The molecule has 0 saturated carbocycles. The van der Waals surface area contributed by atoms with Crippen molar-refractivity contribution in [1.82, 2.24) is 10.7 Å². The number of carbonyl (C=O) groups is 2. The summed E-state index contributed by atoms with van der Waals surface area (Å²) >= 11 is 0. The zero-order valence-electron chi connectivity index (χ0n) is 14.9. The van der Waals surface area contributed by atoms with Gasteiger partial charge in [0.25, 0.3) is 11.8 Å². The van der Waals surface area contributed by atoms with Crippen molar-refractivity contribution in [2.24, 2.45) is 5.10 Å². The Morgan fingerprint density at radius 3 is 2.58 bits per heavy atom. The van der Waals surface area contributed by atoms with Crippen LogP contribution in [0.3, 0.4) is 0 Å². The Balaban J connectivity index is 1.89. The highest BCUT2D eigenvalue weighted by molar-refractivity contribution is 5.96. The quantitative estimate of drug-likeness (QED) is 0.586. The fraction of sp³-hybridized carbons (Fsp3) is 0.211. The molecule has 0 unspecified atom stereocenters. The molecule has 2 rings (SSSR count). The lowest BCUT2D eigenvalue weighted by Crippen LogP contribution is -2.34. The van der Waals surface area contributed by atoms with Gasteiger partial charge in [0.1, 0.15) is 0 Å². The number of methoxy groups -OCH3 is 2. The van der Waals surface area contributed by atoms with Crippen LogP contribution in [0.4, 0.5) is 0 Å². The molecule has 0 aliphatic rings. The highest BCUT2D eigenvalue weighted by Crippen LogP contribution is 2.29. The maximum absolute atomic E-state index is 12.0. The molecule has 0 aliphatic heterocycles.